The zero-order valence-electron chi connectivity index (χ0n) is 17.8. The first-order valence-corrected chi connectivity index (χ1v) is 11.5. The number of aromatic nitrogens is 2. The van der Waals surface area contributed by atoms with Crippen LogP contribution in [0.5, 0.6) is 0 Å². The number of H-pyrrole nitrogens is 1. The summed E-state index contributed by atoms with van der Waals surface area (Å²) in [5.74, 6) is 3.02. The van der Waals surface area contributed by atoms with Gasteiger partial charge in [0.2, 0.25) is 0 Å². The highest BCUT2D eigenvalue weighted by molar-refractivity contribution is 6.30. The predicted molar refractivity (Wildman–Crippen MR) is 127 cm³/mol. The highest BCUT2D eigenvalue weighted by Gasteiger charge is 2.42. The molecule has 0 bridgehead atoms. The third kappa shape index (κ3) is 4.20. The minimum Gasteiger partial charge on any atom is -0.337 e. The number of carbonyl (C=O) groups is 1. The lowest BCUT2D eigenvalue weighted by Crippen LogP contribution is -2.50. The number of carbonyl (C=O) groups excluding carboxylic acids is 1. The van der Waals surface area contributed by atoms with E-state index in [0.29, 0.717) is 19.0 Å². The van der Waals surface area contributed by atoms with Gasteiger partial charge in [-0.15, -0.1) is 12.4 Å². The Morgan fingerprint density at radius 1 is 1.16 bits per heavy atom. The van der Waals surface area contributed by atoms with Crippen molar-refractivity contribution in [1.82, 2.24) is 14.9 Å². The van der Waals surface area contributed by atoms with E-state index in [0.717, 1.165) is 41.0 Å². The van der Waals surface area contributed by atoms with E-state index in [1.807, 2.05) is 34.1 Å². The molecule has 2 amide bonds. The first-order chi connectivity index (χ1) is 14.6. The summed E-state index contributed by atoms with van der Waals surface area (Å²) < 4.78 is 0. The Morgan fingerprint density at radius 3 is 2.61 bits per heavy atom. The van der Waals surface area contributed by atoms with Crippen LogP contribution in [0.4, 0.5) is 10.6 Å². The van der Waals surface area contributed by atoms with Gasteiger partial charge < -0.3 is 4.98 Å². The molecule has 0 spiro atoms. The Balaban J connectivity index is 0.00000231. The van der Waals surface area contributed by atoms with E-state index in [2.05, 4.69) is 11.9 Å². The van der Waals surface area contributed by atoms with Gasteiger partial charge >= 0.3 is 6.03 Å². The van der Waals surface area contributed by atoms with Crippen LogP contribution in [0.1, 0.15) is 68.4 Å². The SMILES string of the molecule is CCCN1C(=O)N2CC(Cc3ccc(Cl)cc3)N=C2c2[nH]c(C3CCCCC3)nc21.Cl. The van der Waals surface area contributed by atoms with Crippen molar-refractivity contribution < 1.29 is 4.79 Å². The second-order valence-electron chi connectivity index (χ2n) is 8.64. The standard InChI is InChI=1S/C23H28ClN5O.ClH/c1-2-12-28-22-19(26-20(27-22)16-6-4-3-5-7-16)21-25-18(14-29(21)23(28)30)13-15-8-10-17(24)11-9-15;/h8-11,16,18H,2-7,12-14H2,1H3,(H,26,27);1H. The molecule has 1 atom stereocenters. The maximum atomic E-state index is 13.3. The number of urea groups is 1. The van der Waals surface area contributed by atoms with Gasteiger partial charge in [0.1, 0.15) is 11.5 Å². The number of rotatable bonds is 5. The Morgan fingerprint density at radius 2 is 1.90 bits per heavy atom. The smallest absolute Gasteiger partial charge is 0.331 e. The van der Waals surface area contributed by atoms with Gasteiger partial charge in [-0.3, -0.25) is 14.8 Å². The molecule has 0 saturated heterocycles. The van der Waals surface area contributed by atoms with Crippen molar-refractivity contribution in [3.8, 4) is 0 Å². The molecule has 6 nitrogen and oxygen atoms in total. The van der Waals surface area contributed by atoms with Crippen molar-refractivity contribution in [2.75, 3.05) is 18.0 Å². The number of halogens is 2. The Kier molecular flexibility index (Phi) is 6.58. The topological polar surface area (TPSA) is 64.6 Å². The number of aliphatic imine (C=N–C) groups is 1. The average Bonchev–Trinajstić information content (AvgIpc) is 3.38. The molecule has 31 heavy (non-hydrogen) atoms. The van der Waals surface area contributed by atoms with Gasteiger partial charge in [0.25, 0.3) is 0 Å². The number of imidazole rings is 1. The molecule has 2 aliphatic heterocycles. The first kappa shape index (κ1) is 22.2. The largest absolute Gasteiger partial charge is 0.337 e. The highest BCUT2D eigenvalue weighted by Crippen LogP contribution is 2.36. The quantitative estimate of drug-likeness (QED) is 0.633. The van der Waals surface area contributed by atoms with Gasteiger partial charge in [0.15, 0.2) is 11.7 Å². The van der Waals surface area contributed by atoms with Crippen LogP contribution in [0.3, 0.4) is 0 Å². The summed E-state index contributed by atoms with van der Waals surface area (Å²) in [4.78, 5) is 30.4. The molecule has 1 aromatic heterocycles. The minimum atomic E-state index is 0. The lowest BCUT2D eigenvalue weighted by Gasteiger charge is -2.32. The molecule has 2 aromatic rings. The van der Waals surface area contributed by atoms with Crippen LogP contribution in [-0.2, 0) is 6.42 Å². The number of fused-ring (bicyclic) bond motifs is 3. The van der Waals surface area contributed by atoms with Crippen LogP contribution >= 0.6 is 24.0 Å². The highest BCUT2D eigenvalue weighted by atomic mass is 35.5. The monoisotopic (exact) mass is 461 g/mol. The van der Waals surface area contributed by atoms with E-state index in [1.165, 1.54) is 37.7 Å². The van der Waals surface area contributed by atoms with Crippen LogP contribution in [-0.4, -0.2) is 45.9 Å². The zero-order valence-corrected chi connectivity index (χ0v) is 19.4. The van der Waals surface area contributed by atoms with Gasteiger partial charge in [-0.1, -0.05) is 49.9 Å². The minimum absolute atomic E-state index is 0. The second-order valence-corrected chi connectivity index (χ2v) is 9.07. The molecule has 166 valence electrons. The summed E-state index contributed by atoms with van der Waals surface area (Å²) in [5, 5.41) is 0.733. The molecule has 1 saturated carbocycles. The number of hydrogen-bond acceptors (Lipinski definition) is 3. The van der Waals surface area contributed by atoms with E-state index < -0.39 is 0 Å². The van der Waals surface area contributed by atoms with Crippen LogP contribution in [0.15, 0.2) is 29.3 Å². The molecule has 3 aliphatic rings. The van der Waals surface area contributed by atoms with Crippen molar-refractivity contribution in [2.24, 2.45) is 4.99 Å². The fourth-order valence-corrected chi connectivity index (χ4v) is 5.04. The Bertz CT molecular complexity index is 965. The van der Waals surface area contributed by atoms with E-state index in [4.69, 9.17) is 21.6 Å². The van der Waals surface area contributed by atoms with Gasteiger partial charge in [0.05, 0.1) is 12.6 Å². The van der Waals surface area contributed by atoms with Crippen molar-refractivity contribution in [3.05, 3.63) is 46.4 Å². The van der Waals surface area contributed by atoms with Crippen LogP contribution in [0.2, 0.25) is 5.02 Å². The molecule has 8 heteroatoms. The van der Waals surface area contributed by atoms with Crippen LogP contribution in [0, 0.1) is 0 Å². The molecule has 1 fully saturated rings. The molecule has 5 rings (SSSR count). The van der Waals surface area contributed by atoms with Crippen molar-refractivity contribution in [3.63, 3.8) is 0 Å². The molecular formula is C23H29Cl2N5O. The van der Waals surface area contributed by atoms with Gasteiger partial charge in [0, 0.05) is 17.5 Å². The summed E-state index contributed by atoms with van der Waals surface area (Å²) in [6, 6.07) is 7.93. The summed E-state index contributed by atoms with van der Waals surface area (Å²) in [7, 11) is 0. The van der Waals surface area contributed by atoms with Gasteiger partial charge in [-0.2, -0.15) is 0 Å². The van der Waals surface area contributed by atoms with E-state index in [9.17, 15) is 4.79 Å². The number of anilines is 1. The molecule has 1 aliphatic carbocycles. The third-order valence-electron chi connectivity index (χ3n) is 6.42. The maximum Gasteiger partial charge on any atom is 0.331 e. The average molecular weight is 462 g/mol. The molecular weight excluding hydrogens is 433 g/mol. The fraction of sp³-hybridized carbons (Fsp3) is 0.522. The van der Waals surface area contributed by atoms with Crippen LogP contribution < -0.4 is 4.90 Å². The van der Waals surface area contributed by atoms with Crippen LogP contribution in [0.25, 0.3) is 0 Å². The van der Waals surface area contributed by atoms with Crippen molar-refractivity contribution >= 4 is 41.7 Å². The van der Waals surface area contributed by atoms with E-state index in [-0.39, 0.29) is 24.5 Å². The Labute approximate surface area is 194 Å². The Hall–Kier alpha value is -2.05. The summed E-state index contributed by atoms with van der Waals surface area (Å²) >= 11 is 6.02. The number of hydrogen-bond donors (Lipinski definition) is 1. The number of aromatic amines is 1. The predicted octanol–water partition coefficient (Wildman–Crippen LogP) is 5.56. The zero-order chi connectivity index (χ0) is 20.7. The molecule has 1 unspecified atom stereocenters. The van der Waals surface area contributed by atoms with Crippen molar-refractivity contribution in [2.45, 2.75) is 63.8 Å². The first-order valence-electron chi connectivity index (χ1n) is 11.2. The molecule has 0 radical (unpaired) electrons. The summed E-state index contributed by atoms with van der Waals surface area (Å²) in [5.41, 5.74) is 2.10. The normalized spacial score (nSPS) is 20.9. The summed E-state index contributed by atoms with van der Waals surface area (Å²) in [6.07, 6.45) is 7.84. The second kappa shape index (κ2) is 9.21. The summed E-state index contributed by atoms with van der Waals surface area (Å²) in [6.45, 7) is 3.37. The van der Waals surface area contributed by atoms with E-state index >= 15 is 0 Å². The number of amidine groups is 1. The van der Waals surface area contributed by atoms with Crippen molar-refractivity contribution in [1.29, 1.82) is 0 Å². The number of amides is 2. The lowest BCUT2D eigenvalue weighted by atomic mass is 9.89. The van der Waals surface area contributed by atoms with Gasteiger partial charge in [-0.25, -0.2) is 9.78 Å². The van der Waals surface area contributed by atoms with Gasteiger partial charge in [-0.05, 0) is 43.4 Å². The fourth-order valence-electron chi connectivity index (χ4n) is 4.92. The number of nitrogens with one attached hydrogen (secondary N) is 1. The van der Waals surface area contributed by atoms with E-state index in [1.54, 1.807) is 0 Å². The number of nitrogens with zero attached hydrogens (tertiary/aromatic N) is 4. The molecule has 3 heterocycles. The maximum absolute atomic E-state index is 13.3. The molecule has 1 N–H and O–H groups in total. The molecule has 1 aromatic carbocycles. The lowest BCUT2D eigenvalue weighted by molar-refractivity contribution is 0.226. The number of benzene rings is 1. The third-order valence-corrected chi connectivity index (χ3v) is 6.67.